The summed E-state index contributed by atoms with van der Waals surface area (Å²) in [4.78, 5) is 0. The fraction of sp³-hybridized carbons (Fsp3) is 1.00. The zero-order valence-corrected chi connectivity index (χ0v) is 37.1. The maximum absolute atomic E-state index is 5.71. The van der Waals surface area contributed by atoms with Gasteiger partial charge < -0.3 is 38.4 Å². The van der Waals surface area contributed by atoms with Crippen LogP contribution in [0.4, 0.5) is 0 Å². The molecule has 8 heteroatoms. The Morgan fingerprint density at radius 1 is 0.200 bits per heavy atom. The summed E-state index contributed by atoms with van der Waals surface area (Å²) in [5, 5.41) is 0. The number of hydrogen-bond acceptors (Lipinski definition) is 2. The van der Waals surface area contributed by atoms with E-state index < -0.39 is 0 Å². The fourth-order valence-corrected chi connectivity index (χ4v) is 7.86. The summed E-state index contributed by atoms with van der Waals surface area (Å²) in [5.74, 6) is 0. The van der Waals surface area contributed by atoms with E-state index in [1.807, 2.05) is 0 Å². The quantitative estimate of drug-likeness (QED) is 0.0663. The average Bonchev–Trinajstić information content (AvgIpc) is 2.99. The van der Waals surface area contributed by atoms with Crippen LogP contribution < -0.4 is 11.5 Å². The standard InChI is InChI=1S/C42H100N8/c1-45(2,37-25-29-43)31-19-13-15-21-33-47(5,6)39-27-41-49(9,10)35-23-17-18-24-36-50(11,12)42-28-40-48(7,8)34-22-16-14-20-32-46(3,4)38-26-30-44/h13-44H2,1-12H3/q+6. The molecule has 0 aromatic carbocycles. The highest BCUT2D eigenvalue weighted by Gasteiger charge is 2.22. The molecule has 0 aliphatic carbocycles. The van der Waals surface area contributed by atoms with Gasteiger partial charge in [-0.3, -0.25) is 0 Å². The largest absolute Gasteiger partial charge is 0.330 e. The molecule has 0 saturated heterocycles. The van der Waals surface area contributed by atoms with E-state index in [1.165, 1.54) is 186 Å². The summed E-state index contributed by atoms with van der Waals surface area (Å²) in [6.45, 7) is 17.2. The lowest BCUT2D eigenvalue weighted by molar-refractivity contribution is -0.910. The zero-order chi connectivity index (χ0) is 38.2. The second-order valence-electron chi connectivity index (χ2n) is 20.5. The van der Waals surface area contributed by atoms with Crippen LogP contribution in [0.5, 0.6) is 0 Å². The van der Waals surface area contributed by atoms with Crippen molar-refractivity contribution in [2.45, 2.75) is 103 Å². The number of quaternary nitrogens is 6. The van der Waals surface area contributed by atoms with E-state index in [-0.39, 0.29) is 0 Å². The van der Waals surface area contributed by atoms with E-state index >= 15 is 0 Å². The molecule has 0 radical (unpaired) electrons. The Labute approximate surface area is 316 Å². The molecule has 0 rings (SSSR count). The number of rotatable bonds is 35. The van der Waals surface area contributed by atoms with Crippen LogP contribution in [0.3, 0.4) is 0 Å². The summed E-state index contributed by atoms with van der Waals surface area (Å²) < 4.78 is 6.97. The third-order valence-electron chi connectivity index (χ3n) is 11.8. The molecular weight excluding hydrogens is 617 g/mol. The lowest BCUT2D eigenvalue weighted by Crippen LogP contribution is -2.46. The molecule has 0 aromatic rings. The summed E-state index contributed by atoms with van der Waals surface area (Å²) >= 11 is 0. The van der Waals surface area contributed by atoms with E-state index in [1.54, 1.807) is 0 Å². The van der Waals surface area contributed by atoms with Crippen LogP contribution in [0.1, 0.15) is 103 Å². The minimum absolute atomic E-state index is 0.818. The summed E-state index contributed by atoms with van der Waals surface area (Å²) in [7, 11) is 29.1. The average molecular weight is 717 g/mol. The topological polar surface area (TPSA) is 52.0 Å². The van der Waals surface area contributed by atoms with Crippen molar-refractivity contribution in [2.75, 3.05) is 176 Å². The fourth-order valence-electron chi connectivity index (χ4n) is 7.86. The molecule has 8 nitrogen and oxygen atoms in total. The Morgan fingerprint density at radius 3 is 0.500 bits per heavy atom. The molecule has 0 amide bonds. The molecule has 0 aliphatic rings. The minimum atomic E-state index is 0.818. The second kappa shape index (κ2) is 25.7. The summed E-state index contributed by atoms with van der Waals surface area (Å²) in [5.41, 5.74) is 11.4. The molecule has 0 aromatic heterocycles. The van der Waals surface area contributed by atoms with Crippen molar-refractivity contribution in [1.82, 2.24) is 0 Å². The molecule has 0 atom stereocenters. The van der Waals surface area contributed by atoms with Crippen LogP contribution in [0, 0.1) is 0 Å². The van der Waals surface area contributed by atoms with Crippen LogP contribution >= 0.6 is 0 Å². The highest BCUT2D eigenvalue weighted by atomic mass is 15.3. The van der Waals surface area contributed by atoms with E-state index in [0.717, 1.165) is 34.9 Å². The van der Waals surface area contributed by atoms with E-state index in [0.29, 0.717) is 0 Å². The Hall–Kier alpha value is -0.320. The first-order chi connectivity index (χ1) is 23.2. The van der Waals surface area contributed by atoms with Gasteiger partial charge in [0.25, 0.3) is 0 Å². The molecule has 0 fully saturated rings. The maximum atomic E-state index is 5.71. The first-order valence-corrected chi connectivity index (χ1v) is 21.5. The number of nitrogens with zero attached hydrogens (tertiary/aromatic N) is 6. The van der Waals surface area contributed by atoms with Crippen molar-refractivity contribution in [3.63, 3.8) is 0 Å². The second-order valence-corrected chi connectivity index (χ2v) is 20.5. The van der Waals surface area contributed by atoms with Gasteiger partial charge in [-0.1, -0.05) is 0 Å². The van der Waals surface area contributed by atoms with Gasteiger partial charge in [-0.25, -0.2) is 0 Å². The Bertz CT molecular complexity index is 740. The Morgan fingerprint density at radius 2 is 0.340 bits per heavy atom. The van der Waals surface area contributed by atoms with Crippen LogP contribution in [0.15, 0.2) is 0 Å². The molecule has 0 heterocycles. The predicted molar refractivity (Wildman–Crippen MR) is 223 cm³/mol. The highest BCUT2D eigenvalue weighted by molar-refractivity contribution is 4.50. The van der Waals surface area contributed by atoms with E-state index in [4.69, 9.17) is 11.5 Å². The molecule has 0 spiro atoms. The SMILES string of the molecule is C[N+](C)(CCCN)CCCCCC[N+](C)(C)CCC[N+](C)(C)CCCCCC[N+](C)(C)CCC[N+](C)(C)CCCCCC[N+](C)(C)CCCN. The van der Waals surface area contributed by atoms with Gasteiger partial charge >= 0.3 is 0 Å². The van der Waals surface area contributed by atoms with Crippen LogP contribution in [0.25, 0.3) is 0 Å². The van der Waals surface area contributed by atoms with Crippen molar-refractivity contribution in [1.29, 1.82) is 0 Å². The summed E-state index contributed by atoms with van der Waals surface area (Å²) in [6.07, 6.45) is 21.4. The van der Waals surface area contributed by atoms with Gasteiger partial charge in [0.1, 0.15) is 0 Å². The van der Waals surface area contributed by atoms with Crippen molar-refractivity contribution in [3.05, 3.63) is 0 Å². The van der Waals surface area contributed by atoms with Crippen LogP contribution in [-0.4, -0.2) is 203 Å². The lowest BCUT2D eigenvalue weighted by atomic mass is 10.1. The zero-order valence-electron chi connectivity index (χ0n) is 37.1. The normalized spacial score (nSPS) is 13.8. The number of unbranched alkanes of at least 4 members (excludes halogenated alkanes) is 9. The third kappa shape index (κ3) is 30.2. The summed E-state index contributed by atoms with van der Waals surface area (Å²) in [6, 6.07) is 0. The Kier molecular flexibility index (Phi) is 25.5. The molecule has 0 bridgehead atoms. The van der Waals surface area contributed by atoms with Crippen molar-refractivity contribution in [3.8, 4) is 0 Å². The van der Waals surface area contributed by atoms with Crippen LogP contribution in [0.2, 0.25) is 0 Å². The smallest absolute Gasteiger partial charge is 0.0836 e. The predicted octanol–water partition coefficient (Wildman–Crippen LogP) is 5.60. The molecule has 0 saturated carbocycles. The van der Waals surface area contributed by atoms with Gasteiger partial charge in [0, 0.05) is 25.7 Å². The van der Waals surface area contributed by atoms with Crippen LogP contribution in [-0.2, 0) is 0 Å². The molecule has 0 unspecified atom stereocenters. The van der Waals surface area contributed by atoms with E-state index in [2.05, 4.69) is 84.6 Å². The van der Waals surface area contributed by atoms with Gasteiger partial charge in [-0.2, -0.15) is 0 Å². The van der Waals surface area contributed by atoms with Gasteiger partial charge in [0.05, 0.1) is 163 Å². The molecule has 0 aliphatic heterocycles. The van der Waals surface area contributed by atoms with Crippen molar-refractivity contribution < 1.29 is 26.9 Å². The van der Waals surface area contributed by atoms with Gasteiger partial charge in [0.2, 0.25) is 0 Å². The molecule has 302 valence electrons. The molecule has 50 heavy (non-hydrogen) atoms. The minimum Gasteiger partial charge on any atom is -0.330 e. The maximum Gasteiger partial charge on any atom is 0.0836 e. The van der Waals surface area contributed by atoms with Gasteiger partial charge in [-0.15, -0.1) is 0 Å². The van der Waals surface area contributed by atoms with Crippen molar-refractivity contribution >= 4 is 0 Å². The van der Waals surface area contributed by atoms with Gasteiger partial charge in [-0.05, 0) is 90.1 Å². The number of nitrogens with two attached hydrogens (primary N) is 2. The first kappa shape index (κ1) is 49.7. The monoisotopic (exact) mass is 717 g/mol. The third-order valence-corrected chi connectivity index (χ3v) is 11.8. The first-order valence-electron chi connectivity index (χ1n) is 21.5. The molecular formula is C42H100N8+6. The Balaban J connectivity index is 4.00. The highest BCUT2D eigenvalue weighted by Crippen LogP contribution is 2.14. The number of hydrogen-bond donors (Lipinski definition) is 2. The lowest BCUT2D eigenvalue weighted by Gasteiger charge is -2.34. The molecule has 4 N–H and O–H groups in total. The van der Waals surface area contributed by atoms with Gasteiger partial charge in [0.15, 0.2) is 0 Å². The van der Waals surface area contributed by atoms with E-state index in [9.17, 15) is 0 Å². The van der Waals surface area contributed by atoms with Crippen molar-refractivity contribution in [2.24, 2.45) is 11.5 Å².